The minimum Gasteiger partial charge on any atom is -0.459 e. The van der Waals surface area contributed by atoms with Crippen molar-refractivity contribution in [3.63, 3.8) is 0 Å². The Morgan fingerprint density at radius 3 is 2.77 bits per heavy atom. The van der Waals surface area contributed by atoms with Crippen molar-refractivity contribution in [1.82, 2.24) is 10.6 Å². The van der Waals surface area contributed by atoms with Gasteiger partial charge in [-0.05, 0) is 51.8 Å². The van der Waals surface area contributed by atoms with E-state index in [1.165, 1.54) is 12.1 Å². The molecule has 0 aliphatic carbocycles. The molecule has 2 aromatic rings. The number of hydrogen-bond donors (Lipinski definition) is 2. The molecule has 5 nitrogen and oxygen atoms in total. The third-order valence-electron chi connectivity index (χ3n) is 3.93. The van der Waals surface area contributed by atoms with Crippen LogP contribution in [-0.4, -0.2) is 32.3 Å². The van der Waals surface area contributed by atoms with E-state index in [0.717, 1.165) is 61.8 Å². The van der Waals surface area contributed by atoms with E-state index in [4.69, 9.17) is 9.15 Å². The quantitative estimate of drug-likeness (QED) is 0.244. The molecule has 0 amide bonds. The Balaban J connectivity index is 0.00000338. The van der Waals surface area contributed by atoms with E-state index in [1.807, 2.05) is 20.8 Å². The number of nitrogens with zero attached hydrogens (tertiary/aromatic N) is 1. The maximum absolute atomic E-state index is 13.4. The van der Waals surface area contributed by atoms with Gasteiger partial charge in [0.1, 0.15) is 23.7 Å². The lowest BCUT2D eigenvalue weighted by Crippen LogP contribution is -2.37. The van der Waals surface area contributed by atoms with Crippen LogP contribution in [0.15, 0.2) is 27.6 Å². The van der Waals surface area contributed by atoms with Gasteiger partial charge in [0, 0.05) is 37.3 Å². The number of halogens is 2. The maximum atomic E-state index is 13.4. The molecule has 2 rings (SSSR count). The Morgan fingerprint density at radius 1 is 1.23 bits per heavy atom. The highest BCUT2D eigenvalue weighted by Crippen LogP contribution is 2.26. The Morgan fingerprint density at radius 2 is 2.04 bits per heavy atom. The Hall–Kier alpha value is -1.35. The molecule has 0 bridgehead atoms. The molecule has 146 valence electrons. The number of furan rings is 1. The highest BCUT2D eigenvalue weighted by molar-refractivity contribution is 14.0. The van der Waals surface area contributed by atoms with Crippen LogP contribution in [0.3, 0.4) is 0 Å². The number of unbranched alkanes of at least 4 members (excludes halogenated alkanes) is 1. The van der Waals surface area contributed by atoms with Gasteiger partial charge in [0.25, 0.3) is 0 Å². The Bertz CT molecular complexity index is 703. The molecule has 0 spiro atoms. The first kappa shape index (κ1) is 22.7. The van der Waals surface area contributed by atoms with Gasteiger partial charge in [-0.3, -0.25) is 0 Å². The summed E-state index contributed by atoms with van der Waals surface area (Å²) in [7, 11) is 0. The fourth-order valence-electron chi connectivity index (χ4n) is 2.57. The van der Waals surface area contributed by atoms with Gasteiger partial charge in [-0.25, -0.2) is 9.38 Å². The van der Waals surface area contributed by atoms with Crippen LogP contribution in [0.25, 0.3) is 11.0 Å². The molecule has 7 heteroatoms. The van der Waals surface area contributed by atoms with E-state index < -0.39 is 0 Å². The summed E-state index contributed by atoms with van der Waals surface area (Å²) in [5, 5.41) is 7.34. The number of ether oxygens (including phenoxy) is 1. The summed E-state index contributed by atoms with van der Waals surface area (Å²) in [6.45, 7) is 9.56. The Labute approximate surface area is 171 Å². The standard InChI is InChI=1S/C19H28FN3O2.HI/c1-4-21-19(22-10-6-7-11-24-5-2)23-13-18-14(3)16-12-15(20)8-9-17(16)25-18;/h8-9,12H,4-7,10-11,13H2,1-3H3,(H2,21,22,23);1H. The number of aliphatic imine (C=N–C) groups is 1. The molecule has 0 atom stereocenters. The summed E-state index contributed by atoms with van der Waals surface area (Å²) >= 11 is 0. The second-order valence-electron chi connectivity index (χ2n) is 5.82. The summed E-state index contributed by atoms with van der Waals surface area (Å²) in [4.78, 5) is 4.57. The van der Waals surface area contributed by atoms with Crippen molar-refractivity contribution in [3.05, 3.63) is 35.3 Å². The van der Waals surface area contributed by atoms with E-state index >= 15 is 0 Å². The molecule has 0 saturated heterocycles. The molecule has 0 saturated carbocycles. The van der Waals surface area contributed by atoms with Gasteiger partial charge >= 0.3 is 0 Å². The van der Waals surface area contributed by atoms with Crippen LogP contribution in [0.1, 0.15) is 38.0 Å². The van der Waals surface area contributed by atoms with Crippen molar-refractivity contribution in [2.24, 2.45) is 4.99 Å². The minimum absolute atomic E-state index is 0. The van der Waals surface area contributed by atoms with Crippen LogP contribution in [-0.2, 0) is 11.3 Å². The van der Waals surface area contributed by atoms with E-state index in [0.29, 0.717) is 12.1 Å². The lowest BCUT2D eigenvalue weighted by atomic mass is 10.1. The molecule has 1 aromatic heterocycles. The van der Waals surface area contributed by atoms with Gasteiger partial charge in [-0.2, -0.15) is 0 Å². The summed E-state index contributed by atoms with van der Waals surface area (Å²) in [5.41, 5.74) is 1.63. The van der Waals surface area contributed by atoms with Crippen LogP contribution >= 0.6 is 24.0 Å². The number of rotatable bonds is 9. The first-order valence-electron chi connectivity index (χ1n) is 8.93. The number of nitrogens with one attached hydrogen (secondary N) is 2. The zero-order chi connectivity index (χ0) is 18.1. The first-order valence-corrected chi connectivity index (χ1v) is 8.93. The normalized spacial score (nSPS) is 11.5. The largest absolute Gasteiger partial charge is 0.459 e. The smallest absolute Gasteiger partial charge is 0.191 e. The van der Waals surface area contributed by atoms with Crippen LogP contribution in [0, 0.1) is 12.7 Å². The van der Waals surface area contributed by atoms with Gasteiger partial charge in [0.05, 0.1) is 0 Å². The summed E-state index contributed by atoms with van der Waals surface area (Å²) in [6, 6.07) is 4.57. The molecule has 0 fully saturated rings. The van der Waals surface area contributed by atoms with E-state index in [-0.39, 0.29) is 29.8 Å². The van der Waals surface area contributed by atoms with Crippen molar-refractivity contribution in [2.45, 2.75) is 40.2 Å². The number of fused-ring (bicyclic) bond motifs is 1. The van der Waals surface area contributed by atoms with Gasteiger partial charge in [-0.15, -0.1) is 24.0 Å². The summed E-state index contributed by atoms with van der Waals surface area (Å²) in [5.74, 6) is 1.26. The van der Waals surface area contributed by atoms with Crippen LogP contribution < -0.4 is 10.6 Å². The van der Waals surface area contributed by atoms with Crippen LogP contribution in [0.5, 0.6) is 0 Å². The molecule has 0 unspecified atom stereocenters. The van der Waals surface area contributed by atoms with Gasteiger partial charge in [-0.1, -0.05) is 0 Å². The highest BCUT2D eigenvalue weighted by atomic mass is 127. The van der Waals surface area contributed by atoms with Gasteiger partial charge in [0.15, 0.2) is 5.96 Å². The topological polar surface area (TPSA) is 58.8 Å². The van der Waals surface area contributed by atoms with E-state index in [1.54, 1.807) is 6.07 Å². The molecular formula is C19H29FIN3O2. The molecule has 2 N–H and O–H groups in total. The number of hydrogen-bond acceptors (Lipinski definition) is 3. The molecule has 0 aliphatic heterocycles. The average Bonchev–Trinajstić information content (AvgIpc) is 2.91. The predicted octanol–water partition coefficient (Wildman–Crippen LogP) is 4.37. The highest BCUT2D eigenvalue weighted by Gasteiger charge is 2.11. The van der Waals surface area contributed by atoms with Gasteiger partial charge < -0.3 is 19.8 Å². The van der Waals surface area contributed by atoms with Crippen molar-refractivity contribution in [1.29, 1.82) is 0 Å². The second-order valence-corrected chi connectivity index (χ2v) is 5.82. The Kier molecular flexibility index (Phi) is 10.6. The fourth-order valence-corrected chi connectivity index (χ4v) is 2.57. The third-order valence-corrected chi connectivity index (χ3v) is 3.93. The van der Waals surface area contributed by atoms with Crippen LogP contribution in [0.2, 0.25) is 0 Å². The van der Waals surface area contributed by atoms with Gasteiger partial charge in [0.2, 0.25) is 0 Å². The third kappa shape index (κ3) is 6.75. The maximum Gasteiger partial charge on any atom is 0.191 e. The number of guanidine groups is 1. The first-order chi connectivity index (χ1) is 12.2. The van der Waals surface area contributed by atoms with E-state index in [9.17, 15) is 4.39 Å². The lowest BCUT2D eigenvalue weighted by Gasteiger charge is -2.11. The average molecular weight is 477 g/mol. The van der Waals surface area contributed by atoms with Crippen molar-refractivity contribution < 1.29 is 13.5 Å². The number of aryl methyl sites for hydroxylation is 1. The lowest BCUT2D eigenvalue weighted by molar-refractivity contribution is 0.143. The van der Waals surface area contributed by atoms with Crippen molar-refractivity contribution in [2.75, 3.05) is 26.3 Å². The summed E-state index contributed by atoms with van der Waals surface area (Å²) < 4.78 is 24.5. The molecule has 1 aromatic carbocycles. The molecule has 1 heterocycles. The second kappa shape index (κ2) is 12.1. The van der Waals surface area contributed by atoms with Crippen LogP contribution in [0.4, 0.5) is 4.39 Å². The van der Waals surface area contributed by atoms with E-state index in [2.05, 4.69) is 15.6 Å². The molecule has 0 aliphatic rings. The SMILES string of the molecule is CCNC(=NCc1oc2ccc(F)cc2c1C)NCCCCOCC.I. The fraction of sp³-hybridized carbons (Fsp3) is 0.526. The monoisotopic (exact) mass is 477 g/mol. The minimum atomic E-state index is -0.256. The molecular weight excluding hydrogens is 448 g/mol. The molecule has 26 heavy (non-hydrogen) atoms. The predicted molar refractivity (Wildman–Crippen MR) is 115 cm³/mol. The molecule has 0 radical (unpaired) electrons. The zero-order valence-corrected chi connectivity index (χ0v) is 18.1. The zero-order valence-electron chi connectivity index (χ0n) is 15.7. The van der Waals surface area contributed by atoms with Crippen molar-refractivity contribution >= 4 is 40.9 Å². The summed E-state index contributed by atoms with van der Waals surface area (Å²) in [6.07, 6.45) is 2.04. The number of benzene rings is 1. The van der Waals surface area contributed by atoms with Crippen molar-refractivity contribution in [3.8, 4) is 0 Å².